The minimum atomic E-state index is 0.439. The van der Waals surface area contributed by atoms with Crippen molar-refractivity contribution in [2.24, 2.45) is 11.8 Å². The largest absolute Gasteiger partial charge is 0.307 e. The fourth-order valence-electron chi connectivity index (χ4n) is 2.56. The lowest BCUT2D eigenvalue weighted by atomic mass is 9.94. The van der Waals surface area contributed by atoms with E-state index in [0.29, 0.717) is 12.1 Å². The maximum Gasteiger partial charge on any atom is 0.0294 e. The van der Waals surface area contributed by atoms with Gasteiger partial charge in [0.25, 0.3) is 0 Å². The van der Waals surface area contributed by atoms with Crippen LogP contribution < -0.4 is 5.32 Å². The second kappa shape index (κ2) is 7.58. The van der Waals surface area contributed by atoms with Gasteiger partial charge in [0.05, 0.1) is 0 Å². The fraction of sp³-hybridized carbons (Fsp3) is 0.647. The molecule has 0 saturated heterocycles. The SMILES string of the molecule is CC(C)CC(CC(C)C)N[C@@H](C)c1ccccc1. The third kappa shape index (κ3) is 5.68. The molecule has 0 fully saturated rings. The lowest BCUT2D eigenvalue weighted by Gasteiger charge is -2.26. The van der Waals surface area contributed by atoms with Crippen LogP contribution in [0.4, 0.5) is 0 Å². The van der Waals surface area contributed by atoms with E-state index in [-0.39, 0.29) is 0 Å². The standard InChI is InChI=1S/C17H29N/c1-13(2)11-17(12-14(3)4)18-15(5)16-9-7-6-8-10-16/h6-10,13-15,17-18H,11-12H2,1-5H3/t15-/m0/s1. The quantitative estimate of drug-likeness (QED) is 0.730. The molecule has 1 aromatic rings. The van der Waals surface area contributed by atoms with E-state index < -0.39 is 0 Å². The summed E-state index contributed by atoms with van der Waals surface area (Å²) in [5.41, 5.74) is 1.38. The molecule has 1 heteroatoms. The van der Waals surface area contributed by atoms with Crippen LogP contribution in [0.3, 0.4) is 0 Å². The molecule has 0 unspecified atom stereocenters. The topological polar surface area (TPSA) is 12.0 Å². The second-order valence-corrected chi connectivity index (χ2v) is 6.26. The molecule has 1 atom stereocenters. The Bertz CT molecular complexity index is 306. The molecule has 1 aromatic carbocycles. The van der Waals surface area contributed by atoms with Gasteiger partial charge >= 0.3 is 0 Å². The van der Waals surface area contributed by atoms with Gasteiger partial charge in [-0.3, -0.25) is 0 Å². The smallest absolute Gasteiger partial charge is 0.0294 e. The summed E-state index contributed by atoms with van der Waals surface area (Å²) >= 11 is 0. The van der Waals surface area contributed by atoms with Gasteiger partial charge in [0.2, 0.25) is 0 Å². The van der Waals surface area contributed by atoms with Crippen molar-refractivity contribution in [3.8, 4) is 0 Å². The summed E-state index contributed by atoms with van der Waals surface area (Å²) in [6.45, 7) is 11.5. The molecular weight excluding hydrogens is 218 g/mol. The normalized spacial score (nSPS) is 13.6. The Morgan fingerprint density at radius 3 is 1.78 bits per heavy atom. The van der Waals surface area contributed by atoms with Gasteiger partial charge in [0.1, 0.15) is 0 Å². The fourth-order valence-corrected chi connectivity index (χ4v) is 2.56. The Morgan fingerprint density at radius 2 is 1.33 bits per heavy atom. The molecule has 1 nitrogen and oxygen atoms in total. The molecule has 0 amide bonds. The van der Waals surface area contributed by atoms with Gasteiger partial charge in [-0.15, -0.1) is 0 Å². The average Bonchev–Trinajstić information content (AvgIpc) is 2.28. The van der Waals surface area contributed by atoms with Crippen LogP contribution in [-0.4, -0.2) is 6.04 Å². The second-order valence-electron chi connectivity index (χ2n) is 6.26. The summed E-state index contributed by atoms with van der Waals surface area (Å²) in [6.07, 6.45) is 2.52. The molecule has 0 aliphatic carbocycles. The molecule has 0 aliphatic heterocycles. The maximum absolute atomic E-state index is 3.80. The van der Waals surface area contributed by atoms with Crippen molar-refractivity contribution < 1.29 is 0 Å². The summed E-state index contributed by atoms with van der Waals surface area (Å²) in [6, 6.07) is 11.8. The zero-order chi connectivity index (χ0) is 13.5. The van der Waals surface area contributed by atoms with Crippen molar-refractivity contribution in [1.29, 1.82) is 0 Å². The Morgan fingerprint density at radius 1 is 0.833 bits per heavy atom. The average molecular weight is 247 g/mol. The minimum Gasteiger partial charge on any atom is -0.307 e. The van der Waals surface area contributed by atoms with Crippen LogP contribution in [0.5, 0.6) is 0 Å². The summed E-state index contributed by atoms with van der Waals surface area (Å²) in [5.74, 6) is 1.51. The first-order chi connectivity index (χ1) is 8.49. The van der Waals surface area contributed by atoms with E-state index in [4.69, 9.17) is 0 Å². The summed E-state index contributed by atoms with van der Waals surface area (Å²) < 4.78 is 0. The van der Waals surface area contributed by atoms with Gasteiger partial charge < -0.3 is 5.32 Å². The van der Waals surface area contributed by atoms with Crippen molar-refractivity contribution in [2.45, 2.75) is 59.5 Å². The van der Waals surface area contributed by atoms with Gasteiger partial charge in [-0.1, -0.05) is 58.0 Å². The first-order valence-electron chi connectivity index (χ1n) is 7.30. The van der Waals surface area contributed by atoms with Crippen LogP contribution in [0.1, 0.15) is 59.1 Å². The molecular formula is C17H29N. The molecule has 0 aliphatic rings. The van der Waals surface area contributed by atoms with Crippen molar-refractivity contribution >= 4 is 0 Å². The van der Waals surface area contributed by atoms with Crippen molar-refractivity contribution in [3.05, 3.63) is 35.9 Å². The Hall–Kier alpha value is -0.820. The van der Waals surface area contributed by atoms with Crippen molar-refractivity contribution in [2.75, 3.05) is 0 Å². The monoisotopic (exact) mass is 247 g/mol. The molecule has 0 radical (unpaired) electrons. The van der Waals surface area contributed by atoms with Crippen LogP contribution in [-0.2, 0) is 0 Å². The van der Waals surface area contributed by atoms with E-state index in [1.807, 2.05) is 0 Å². The highest BCUT2D eigenvalue weighted by molar-refractivity contribution is 5.18. The van der Waals surface area contributed by atoms with E-state index in [1.54, 1.807) is 0 Å². The molecule has 18 heavy (non-hydrogen) atoms. The number of benzene rings is 1. The van der Waals surface area contributed by atoms with Crippen molar-refractivity contribution in [1.82, 2.24) is 5.32 Å². The molecule has 0 bridgehead atoms. The zero-order valence-corrected chi connectivity index (χ0v) is 12.6. The molecule has 0 aromatic heterocycles. The first-order valence-corrected chi connectivity index (χ1v) is 7.30. The van der Waals surface area contributed by atoms with E-state index >= 15 is 0 Å². The highest BCUT2D eigenvalue weighted by atomic mass is 14.9. The molecule has 1 rings (SSSR count). The van der Waals surface area contributed by atoms with E-state index in [1.165, 1.54) is 18.4 Å². The number of hydrogen-bond donors (Lipinski definition) is 1. The van der Waals surface area contributed by atoms with Crippen LogP contribution in [0.2, 0.25) is 0 Å². The maximum atomic E-state index is 3.80. The molecule has 0 spiro atoms. The predicted molar refractivity (Wildman–Crippen MR) is 80.7 cm³/mol. The first kappa shape index (κ1) is 15.2. The van der Waals surface area contributed by atoms with E-state index in [0.717, 1.165) is 11.8 Å². The molecule has 0 saturated carbocycles. The van der Waals surface area contributed by atoms with E-state index in [2.05, 4.69) is 70.3 Å². The lowest BCUT2D eigenvalue weighted by Crippen LogP contribution is -2.33. The Balaban J connectivity index is 2.59. The minimum absolute atomic E-state index is 0.439. The molecule has 102 valence electrons. The Kier molecular flexibility index (Phi) is 6.42. The van der Waals surface area contributed by atoms with Crippen LogP contribution in [0.15, 0.2) is 30.3 Å². The number of nitrogens with one attached hydrogen (secondary N) is 1. The van der Waals surface area contributed by atoms with Crippen LogP contribution in [0, 0.1) is 11.8 Å². The highest BCUT2D eigenvalue weighted by Crippen LogP contribution is 2.18. The van der Waals surface area contributed by atoms with Crippen LogP contribution >= 0.6 is 0 Å². The lowest BCUT2D eigenvalue weighted by molar-refractivity contribution is 0.335. The molecule has 0 heterocycles. The Labute approximate surface area is 113 Å². The van der Waals surface area contributed by atoms with Crippen LogP contribution in [0.25, 0.3) is 0 Å². The predicted octanol–water partition coefficient (Wildman–Crippen LogP) is 4.80. The number of rotatable bonds is 7. The van der Waals surface area contributed by atoms with Crippen molar-refractivity contribution in [3.63, 3.8) is 0 Å². The van der Waals surface area contributed by atoms with Gasteiger partial charge in [0.15, 0.2) is 0 Å². The van der Waals surface area contributed by atoms with E-state index in [9.17, 15) is 0 Å². The van der Waals surface area contributed by atoms with Gasteiger partial charge in [0, 0.05) is 12.1 Å². The number of hydrogen-bond acceptors (Lipinski definition) is 1. The summed E-state index contributed by atoms with van der Waals surface area (Å²) in [4.78, 5) is 0. The third-order valence-electron chi connectivity index (χ3n) is 3.30. The van der Waals surface area contributed by atoms with Gasteiger partial charge in [-0.05, 0) is 37.2 Å². The van der Waals surface area contributed by atoms with Gasteiger partial charge in [-0.2, -0.15) is 0 Å². The third-order valence-corrected chi connectivity index (χ3v) is 3.30. The highest BCUT2D eigenvalue weighted by Gasteiger charge is 2.15. The zero-order valence-electron chi connectivity index (χ0n) is 12.6. The summed E-state index contributed by atoms with van der Waals surface area (Å²) in [5, 5.41) is 3.80. The van der Waals surface area contributed by atoms with Gasteiger partial charge in [-0.25, -0.2) is 0 Å². The molecule has 1 N–H and O–H groups in total. The summed E-state index contributed by atoms with van der Waals surface area (Å²) in [7, 11) is 0.